The van der Waals surface area contributed by atoms with Crippen LogP contribution in [0, 0.1) is 0 Å². The molecule has 4 nitrogen and oxygen atoms in total. The lowest BCUT2D eigenvalue weighted by molar-refractivity contribution is 1.35. The van der Waals surface area contributed by atoms with E-state index in [1.807, 2.05) is 24.3 Å². The Kier molecular flexibility index (Phi) is 7.10. The molecular weight excluding hydrogens is 633 g/mol. The number of hydrogen-bond acceptors (Lipinski definition) is 4. The molecule has 4 heteroatoms. The predicted molar refractivity (Wildman–Crippen MR) is 215 cm³/mol. The molecule has 0 N–H and O–H groups in total. The minimum atomic E-state index is 0.881. The number of fused-ring (bicyclic) bond motifs is 6. The zero-order valence-electron chi connectivity index (χ0n) is 28.1. The van der Waals surface area contributed by atoms with Gasteiger partial charge in [0.25, 0.3) is 0 Å². The molecule has 0 aliphatic heterocycles. The van der Waals surface area contributed by atoms with Crippen LogP contribution in [0.25, 0.3) is 99.8 Å². The summed E-state index contributed by atoms with van der Waals surface area (Å²) in [5.41, 5.74) is 13.7. The maximum atomic E-state index is 5.31. The molecule has 0 fully saturated rings. The fraction of sp³-hybridized carbons (Fsp3) is 0. The first-order valence-electron chi connectivity index (χ1n) is 17.5. The normalized spacial score (nSPS) is 11.5. The van der Waals surface area contributed by atoms with Crippen LogP contribution in [0.1, 0.15) is 0 Å². The molecule has 6 aromatic carbocycles. The summed E-state index contributed by atoms with van der Waals surface area (Å²) in [6.45, 7) is 0. The van der Waals surface area contributed by atoms with Gasteiger partial charge in [0, 0.05) is 43.8 Å². The van der Waals surface area contributed by atoms with Crippen LogP contribution in [0.4, 0.5) is 0 Å². The second-order valence-electron chi connectivity index (χ2n) is 13.1. The number of pyridine rings is 4. The van der Waals surface area contributed by atoms with Crippen molar-refractivity contribution in [2.75, 3.05) is 0 Å². The fourth-order valence-corrected chi connectivity index (χ4v) is 7.18. The van der Waals surface area contributed by atoms with Crippen molar-refractivity contribution in [3.63, 3.8) is 0 Å². The number of nitrogens with zero attached hydrogens (tertiary/aromatic N) is 4. The molecule has 0 aliphatic rings. The van der Waals surface area contributed by atoms with Gasteiger partial charge in [0.15, 0.2) is 0 Å². The Morgan fingerprint density at radius 3 is 1.17 bits per heavy atom. The maximum absolute atomic E-state index is 5.31. The van der Waals surface area contributed by atoms with Gasteiger partial charge in [-0.15, -0.1) is 0 Å². The van der Waals surface area contributed by atoms with Crippen LogP contribution >= 0.6 is 0 Å². The van der Waals surface area contributed by atoms with Gasteiger partial charge in [-0.25, -0.2) is 19.9 Å². The Balaban J connectivity index is 1.11. The number of hydrogen-bond donors (Lipinski definition) is 0. The van der Waals surface area contributed by atoms with Gasteiger partial charge in [-0.2, -0.15) is 0 Å². The lowest BCUT2D eigenvalue weighted by Crippen LogP contribution is -1.94. The van der Waals surface area contributed by atoms with Crippen molar-refractivity contribution in [2.24, 2.45) is 0 Å². The molecule has 0 saturated carbocycles. The van der Waals surface area contributed by atoms with Gasteiger partial charge in [-0.3, -0.25) is 0 Å². The van der Waals surface area contributed by atoms with Crippen molar-refractivity contribution in [3.8, 4) is 56.2 Å². The van der Waals surface area contributed by atoms with E-state index >= 15 is 0 Å². The van der Waals surface area contributed by atoms with Gasteiger partial charge >= 0.3 is 0 Å². The van der Waals surface area contributed by atoms with Crippen LogP contribution < -0.4 is 0 Å². The lowest BCUT2D eigenvalue weighted by Gasteiger charge is -2.13. The van der Waals surface area contributed by atoms with E-state index in [-0.39, 0.29) is 0 Å². The Morgan fingerprint density at radius 1 is 0.250 bits per heavy atom. The summed E-state index contributed by atoms with van der Waals surface area (Å²) < 4.78 is 0. The molecule has 242 valence electrons. The highest BCUT2D eigenvalue weighted by Gasteiger charge is 2.15. The Hall–Kier alpha value is -7.04. The lowest BCUT2D eigenvalue weighted by atomic mass is 9.97. The highest BCUT2D eigenvalue weighted by atomic mass is 14.8. The van der Waals surface area contributed by atoms with E-state index in [1.165, 1.54) is 0 Å². The summed E-state index contributed by atoms with van der Waals surface area (Å²) in [5, 5.41) is 4.26. The Morgan fingerprint density at radius 2 is 0.635 bits per heavy atom. The second kappa shape index (κ2) is 12.4. The minimum absolute atomic E-state index is 0.881. The van der Waals surface area contributed by atoms with Crippen LogP contribution in [-0.4, -0.2) is 19.9 Å². The average molecular weight is 663 g/mol. The summed E-state index contributed by atoms with van der Waals surface area (Å²) in [7, 11) is 0. The Bertz CT molecular complexity index is 2940. The smallest absolute Gasteiger partial charge is 0.0978 e. The van der Waals surface area contributed by atoms with Crippen molar-refractivity contribution in [1.29, 1.82) is 0 Å². The molecule has 0 aliphatic carbocycles. The van der Waals surface area contributed by atoms with Crippen molar-refractivity contribution in [2.45, 2.75) is 0 Å². The van der Waals surface area contributed by atoms with Crippen LogP contribution in [-0.2, 0) is 0 Å². The molecule has 0 amide bonds. The van der Waals surface area contributed by atoms with Crippen LogP contribution in [0.3, 0.4) is 0 Å². The molecule has 10 aromatic rings. The largest absolute Gasteiger partial charge is 0.245 e. The van der Waals surface area contributed by atoms with E-state index in [0.29, 0.717) is 0 Å². The van der Waals surface area contributed by atoms with E-state index in [1.54, 1.807) is 0 Å². The number of rotatable bonds is 5. The third-order valence-corrected chi connectivity index (χ3v) is 9.84. The molecule has 52 heavy (non-hydrogen) atoms. The monoisotopic (exact) mass is 662 g/mol. The van der Waals surface area contributed by atoms with Crippen molar-refractivity contribution < 1.29 is 0 Å². The standard InChI is InChI=1S/C48H30N4/c1-4-11-31(12-5-1)40-30-44(33-15-8-3-9-16-33)52-48-39(40)25-21-36-24-28-43(51-47(36)48)38-18-10-17-37(29-38)42-27-23-35-20-19-34-22-26-41(32-13-6-2-7-14-32)49-45(34)46(35)50-42/h1-30H. The van der Waals surface area contributed by atoms with Crippen molar-refractivity contribution >= 4 is 43.6 Å². The topological polar surface area (TPSA) is 51.6 Å². The third kappa shape index (κ3) is 5.26. The summed E-state index contributed by atoms with van der Waals surface area (Å²) in [6, 6.07) is 63.2. The molecule has 0 unspecified atom stereocenters. The van der Waals surface area contributed by atoms with E-state index in [2.05, 4.69) is 158 Å². The first kappa shape index (κ1) is 29.8. The molecule has 0 atom stereocenters. The molecule has 10 rings (SSSR count). The molecule has 0 saturated heterocycles. The molecule has 0 spiro atoms. The van der Waals surface area contributed by atoms with Gasteiger partial charge < -0.3 is 0 Å². The van der Waals surface area contributed by atoms with E-state index in [4.69, 9.17) is 19.9 Å². The summed E-state index contributed by atoms with van der Waals surface area (Å²) in [4.78, 5) is 20.9. The summed E-state index contributed by atoms with van der Waals surface area (Å²) in [6.07, 6.45) is 0. The summed E-state index contributed by atoms with van der Waals surface area (Å²) >= 11 is 0. The fourth-order valence-electron chi connectivity index (χ4n) is 7.18. The third-order valence-electron chi connectivity index (χ3n) is 9.84. The van der Waals surface area contributed by atoms with Crippen LogP contribution in [0.5, 0.6) is 0 Å². The van der Waals surface area contributed by atoms with E-state index in [0.717, 1.165) is 99.8 Å². The first-order valence-corrected chi connectivity index (χ1v) is 17.5. The highest BCUT2D eigenvalue weighted by molar-refractivity contribution is 6.10. The van der Waals surface area contributed by atoms with Gasteiger partial charge in [-0.05, 0) is 41.5 Å². The predicted octanol–water partition coefficient (Wildman–Crippen LogP) is 12.2. The minimum Gasteiger partial charge on any atom is -0.245 e. The highest BCUT2D eigenvalue weighted by Crippen LogP contribution is 2.36. The van der Waals surface area contributed by atoms with Crippen LogP contribution in [0.15, 0.2) is 182 Å². The maximum Gasteiger partial charge on any atom is 0.0978 e. The van der Waals surface area contributed by atoms with Crippen molar-refractivity contribution in [3.05, 3.63) is 182 Å². The van der Waals surface area contributed by atoms with Crippen LogP contribution in [0.2, 0.25) is 0 Å². The number of benzene rings is 6. The molecule has 4 aromatic heterocycles. The van der Waals surface area contributed by atoms with Gasteiger partial charge in [-0.1, -0.05) is 152 Å². The van der Waals surface area contributed by atoms with Gasteiger partial charge in [0.05, 0.1) is 44.8 Å². The van der Waals surface area contributed by atoms with Gasteiger partial charge in [0.2, 0.25) is 0 Å². The SMILES string of the molecule is c1ccc(-c2ccc3ccc4ccc(-c5cccc(-c6ccc7ccc8c(-c9ccccc9)cc(-c9ccccc9)nc8c7n6)c5)nc4c3n2)cc1. The average Bonchev–Trinajstić information content (AvgIpc) is 3.23. The molecule has 0 radical (unpaired) electrons. The van der Waals surface area contributed by atoms with E-state index in [9.17, 15) is 0 Å². The zero-order chi connectivity index (χ0) is 34.4. The quantitative estimate of drug-likeness (QED) is 0.172. The Labute approximate surface area is 300 Å². The van der Waals surface area contributed by atoms with Gasteiger partial charge in [0.1, 0.15) is 0 Å². The van der Waals surface area contributed by atoms with E-state index < -0.39 is 0 Å². The molecule has 0 bridgehead atoms. The molecule has 4 heterocycles. The molecular formula is C48H30N4. The zero-order valence-corrected chi connectivity index (χ0v) is 28.1. The first-order chi connectivity index (χ1) is 25.7. The van der Waals surface area contributed by atoms with Crippen molar-refractivity contribution in [1.82, 2.24) is 19.9 Å². The summed E-state index contributed by atoms with van der Waals surface area (Å²) in [5.74, 6) is 0. The number of aromatic nitrogens is 4. The second-order valence-corrected chi connectivity index (χ2v) is 13.1.